The van der Waals surface area contributed by atoms with E-state index in [-0.39, 0.29) is 18.4 Å². The summed E-state index contributed by atoms with van der Waals surface area (Å²) in [7, 11) is 5.63. The van der Waals surface area contributed by atoms with Gasteiger partial charge >= 0.3 is 0 Å². The Kier molecular flexibility index (Phi) is 6.02. The van der Waals surface area contributed by atoms with Gasteiger partial charge in [0.1, 0.15) is 5.75 Å². The molecule has 5 nitrogen and oxygen atoms in total. The molecule has 0 heterocycles. The summed E-state index contributed by atoms with van der Waals surface area (Å²) in [6.45, 7) is 0.522. The fourth-order valence-corrected chi connectivity index (χ4v) is 3.21. The van der Waals surface area contributed by atoms with Crippen molar-refractivity contribution in [2.24, 2.45) is 0 Å². The maximum Gasteiger partial charge on any atom is 0.222 e. The topological polar surface area (TPSA) is 61.8 Å². The van der Waals surface area contributed by atoms with E-state index >= 15 is 0 Å². The van der Waals surface area contributed by atoms with Gasteiger partial charge in [-0.2, -0.15) is 0 Å². The molecule has 23 heavy (non-hydrogen) atoms. The highest BCUT2D eigenvalue weighted by molar-refractivity contribution is 5.77. The molecule has 128 valence electrons. The number of ether oxygens (including phenoxy) is 1. The Morgan fingerprint density at radius 1 is 1.30 bits per heavy atom. The van der Waals surface area contributed by atoms with E-state index in [1.807, 2.05) is 38.4 Å². The normalized spacial score (nSPS) is 18.0. The van der Waals surface area contributed by atoms with Gasteiger partial charge in [0.25, 0.3) is 0 Å². The lowest BCUT2D eigenvalue weighted by molar-refractivity contribution is -0.126. The summed E-state index contributed by atoms with van der Waals surface area (Å²) in [5.41, 5.74) is 0.327. The third-order valence-electron chi connectivity index (χ3n) is 4.64. The van der Waals surface area contributed by atoms with Crippen molar-refractivity contribution in [2.45, 2.75) is 43.7 Å². The van der Waals surface area contributed by atoms with Gasteiger partial charge in [0.15, 0.2) is 0 Å². The summed E-state index contributed by atoms with van der Waals surface area (Å²) < 4.78 is 5.18. The first-order valence-corrected chi connectivity index (χ1v) is 8.23. The minimum atomic E-state index is -0.794. The Balaban J connectivity index is 1.92. The van der Waals surface area contributed by atoms with E-state index < -0.39 is 5.60 Å². The van der Waals surface area contributed by atoms with Crippen LogP contribution in [0.2, 0.25) is 0 Å². The van der Waals surface area contributed by atoms with Crippen molar-refractivity contribution in [3.63, 3.8) is 0 Å². The number of likely N-dealkylation sites (N-methyl/N-ethyl adjacent to an activating group) is 1. The first-order valence-electron chi connectivity index (χ1n) is 8.23. The minimum Gasteiger partial charge on any atom is -0.497 e. The summed E-state index contributed by atoms with van der Waals surface area (Å²) >= 11 is 0. The van der Waals surface area contributed by atoms with Crippen LogP contribution in [-0.4, -0.2) is 49.3 Å². The zero-order valence-corrected chi connectivity index (χ0v) is 14.3. The molecule has 1 fully saturated rings. The number of nitrogens with one attached hydrogen (secondary N) is 1. The smallest absolute Gasteiger partial charge is 0.222 e. The standard InChI is InChI=1S/C18H28N2O3/c1-20(2)16(14-6-8-15(23-3)9-7-14)13-19-17(21)12-18(22)10-4-5-11-18/h6-9,16,22H,4-5,10-13H2,1-3H3,(H,19,21). The number of rotatable bonds is 7. The SMILES string of the molecule is COc1ccc(C(CNC(=O)CC2(O)CCCC2)N(C)C)cc1. The zero-order valence-electron chi connectivity index (χ0n) is 14.3. The monoisotopic (exact) mass is 320 g/mol. The Labute approximate surface area is 138 Å². The maximum atomic E-state index is 12.2. The number of hydrogen-bond donors (Lipinski definition) is 2. The van der Waals surface area contributed by atoms with Crippen molar-refractivity contribution in [1.82, 2.24) is 10.2 Å². The predicted octanol–water partition coefficient (Wildman–Crippen LogP) is 2.11. The quantitative estimate of drug-likeness (QED) is 0.808. The lowest BCUT2D eigenvalue weighted by atomic mass is 9.97. The molecule has 1 aliphatic carbocycles. The van der Waals surface area contributed by atoms with Crippen LogP contribution in [0.5, 0.6) is 5.75 Å². The average Bonchev–Trinajstić information content (AvgIpc) is 2.94. The van der Waals surface area contributed by atoms with Gasteiger partial charge in [-0.25, -0.2) is 0 Å². The van der Waals surface area contributed by atoms with Crippen LogP contribution in [0.3, 0.4) is 0 Å². The van der Waals surface area contributed by atoms with Crippen LogP contribution in [-0.2, 0) is 4.79 Å². The second kappa shape index (κ2) is 7.79. The van der Waals surface area contributed by atoms with E-state index in [1.54, 1.807) is 7.11 Å². The van der Waals surface area contributed by atoms with Gasteiger partial charge in [0.05, 0.1) is 25.2 Å². The molecule has 0 saturated heterocycles. The number of amides is 1. The molecular formula is C18H28N2O3. The Bertz CT molecular complexity index is 508. The van der Waals surface area contributed by atoms with E-state index in [1.165, 1.54) is 0 Å². The predicted molar refractivity (Wildman–Crippen MR) is 90.5 cm³/mol. The Morgan fingerprint density at radius 2 is 1.91 bits per heavy atom. The number of hydrogen-bond acceptors (Lipinski definition) is 4. The third-order valence-corrected chi connectivity index (χ3v) is 4.64. The molecule has 1 amide bonds. The minimum absolute atomic E-state index is 0.0743. The maximum absolute atomic E-state index is 12.2. The molecule has 0 radical (unpaired) electrons. The number of benzene rings is 1. The number of carbonyl (C=O) groups is 1. The van der Waals surface area contributed by atoms with Crippen LogP contribution < -0.4 is 10.1 Å². The Morgan fingerprint density at radius 3 is 2.43 bits per heavy atom. The Hall–Kier alpha value is -1.59. The summed E-state index contributed by atoms with van der Waals surface area (Å²) in [5, 5.41) is 13.3. The van der Waals surface area contributed by atoms with Gasteiger partial charge in [0.2, 0.25) is 5.91 Å². The second-order valence-corrected chi connectivity index (χ2v) is 6.66. The van der Waals surface area contributed by atoms with Gasteiger partial charge in [-0.15, -0.1) is 0 Å². The van der Waals surface area contributed by atoms with E-state index in [0.29, 0.717) is 6.54 Å². The van der Waals surface area contributed by atoms with Gasteiger partial charge in [0, 0.05) is 6.54 Å². The molecule has 1 aromatic rings. The first kappa shape index (κ1) is 17.8. The fraction of sp³-hybridized carbons (Fsp3) is 0.611. The van der Waals surface area contributed by atoms with E-state index in [2.05, 4.69) is 10.2 Å². The second-order valence-electron chi connectivity index (χ2n) is 6.66. The third kappa shape index (κ3) is 4.94. The van der Waals surface area contributed by atoms with Crippen molar-refractivity contribution >= 4 is 5.91 Å². The van der Waals surface area contributed by atoms with Gasteiger partial charge in [-0.1, -0.05) is 25.0 Å². The number of carbonyl (C=O) groups excluding carboxylic acids is 1. The van der Waals surface area contributed by atoms with E-state index in [9.17, 15) is 9.90 Å². The van der Waals surface area contributed by atoms with Gasteiger partial charge < -0.3 is 20.1 Å². The van der Waals surface area contributed by atoms with Crippen LogP contribution in [0.15, 0.2) is 24.3 Å². The molecule has 1 unspecified atom stereocenters. The highest BCUT2D eigenvalue weighted by Crippen LogP contribution is 2.32. The molecule has 2 N–H and O–H groups in total. The van der Waals surface area contributed by atoms with Crippen LogP contribution in [0.4, 0.5) is 0 Å². The highest BCUT2D eigenvalue weighted by Gasteiger charge is 2.33. The molecular weight excluding hydrogens is 292 g/mol. The largest absolute Gasteiger partial charge is 0.497 e. The van der Waals surface area contributed by atoms with Crippen molar-refractivity contribution in [3.8, 4) is 5.75 Å². The molecule has 0 aliphatic heterocycles. The summed E-state index contributed by atoms with van der Waals surface area (Å²) in [6.07, 6.45) is 3.69. The molecule has 1 saturated carbocycles. The van der Waals surface area contributed by atoms with E-state index in [0.717, 1.165) is 37.0 Å². The van der Waals surface area contributed by atoms with Crippen molar-refractivity contribution in [2.75, 3.05) is 27.7 Å². The number of methoxy groups -OCH3 is 1. The van der Waals surface area contributed by atoms with Crippen molar-refractivity contribution in [3.05, 3.63) is 29.8 Å². The van der Waals surface area contributed by atoms with Crippen LogP contribution >= 0.6 is 0 Å². The molecule has 0 aromatic heterocycles. The fourth-order valence-electron chi connectivity index (χ4n) is 3.21. The summed E-state index contributed by atoms with van der Waals surface area (Å²) in [6, 6.07) is 7.97. The molecule has 1 aliphatic rings. The molecule has 1 aromatic carbocycles. The van der Waals surface area contributed by atoms with Crippen LogP contribution in [0.1, 0.15) is 43.7 Å². The summed E-state index contributed by atoms with van der Waals surface area (Å²) in [4.78, 5) is 14.2. The zero-order chi connectivity index (χ0) is 16.9. The number of nitrogens with zero attached hydrogens (tertiary/aromatic N) is 1. The van der Waals surface area contributed by atoms with Crippen molar-refractivity contribution in [1.29, 1.82) is 0 Å². The van der Waals surface area contributed by atoms with E-state index in [4.69, 9.17) is 4.74 Å². The van der Waals surface area contributed by atoms with Crippen LogP contribution in [0, 0.1) is 0 Å². The van der Waals surface area contributed by atoms with Crippen LogP contribution in [0.25, 0.3) is 0 Å². The molecule has 5 heteroatoms. The number of aliphatic hydroxyl groups is 1. The average molecular weight is 320 g/mol. The van der Waals surface area contributed by atoms with Gasteiger partial charge in [-0.05, 0) is 44.6 Å². The molecule has 0 bridgehead atoms. The highest BCUT2D eigenvalue weighted by atomic mass is 16.5. The molecule has 0 spiro atoms. The molecule has 1 atom stereocenters. The lowest BCUT2D eigenvalue weighted by Crippen LogP contribution is -2.38. The van der Waals surface area contributed by atoms with Gasteiger partial charge in [-0.3, -0.25) is 4.79 Å². The molecule has 2 rings (SSSR count). The first-order chi connectivity index (χ1) is 10.9. The summed E-state index contributed by atoms with van der Waals surface area (Å²) in [5.74, 6) is 0.744. The van der Waals surface area contributed by atoms with Crippen molar-refractivity contribution < 1.29 is 14.6 Å². The lowest BCUT2D eigenvalue weighted by Gasteiger charge is -2.26.